The number of fused-ring (bicyclic) bond motifs is 6. The van der Waals surface area contributed by atoms with E-state index in [9.17, 15) is 0 Å². The molecule has 3 heterocycles. The molecule has 0 amide bonds. The highest BCUT2D eigenvalue weighted by atomic mass is 15.1. The largest absolute Gasteiger partial charge is 0.292 e. The molecule has 18 rings (SSSR count). The van der Waals surface area contributed by atoms with Crippen molar-refractivity contribution in [2.75, 3.05) is 0 Å². The van der Waals surface area contributed by atoms with E-state index in [4.69, 9.17) is 19.9 Å². The van der Waals surface area contributed by atoms with Gasteiger partial charge in [0.25, 0.3) is 0 Å². The summed E-state index contributed by atoms with van der Waals surface area (Å²) in [6.45, 7) is 7.16. The summed E-state index contributed by atoms with van der Waals surface area (Å²) in [4.78, 5) is 21.5. The predicted molar refractivity (Wildman–Crippen MR) is 337 cm³/mol. The second-order valence-electron chi connectivity index (χ2n) is 25.6. The molecule has 6 heteroatoms. The van der Waals surface area contributed by atoms with E-state index in [1.165, 1.54) is 42.3 Å². The predicted octanol–water partition coefficient (Wildman–Crippen LogP) is 18.4. The Kier molecular flexibility index (Phi) is 10.5. The molecule has 0 aliphatic heterocycles. The second-order valence-corrected chi connectivity index (χ2v) is 25.6. The van der Waals surface area contributed by atoms with Crippen molar-refractivity contribution in [3.05, 3.63) is 229 Å². The van der Waals surface area contributed by atoms with Crippen molar-refractivity contribution in [2.24, 2.45) is 53.3 Å². The van der Waals surface area contributed by atoms with Crippen molar-refractivity contribution in [1.29, 1.82) is 0 Å². The van der Waals surface area contributed by atoms with Crippen molar-refractivity contribution in [1.82, 2.24) is 29.1 Å². The molecule has 0 spiro atoms. The van der Waals surface area contributed by atoms with Gasteiger partial charge in [-0.2, -0.15) is 0 Å². The smallest absolute Gasteiger partial charge is 0.145 e. The number of hydrogen-bond acceptors (Lipinski definition) is 4. The normalized spacial score (nSPS) is 24.6. The van der Waals surface area contributed by atoms with Crippen molar-refractivity contribution in [2.45, 2.75) is 64.7 Å². The molecule has 0 radical (unpaired) electrons. The van der Waals surface area contributed by atoms with E-state index in [0.29, 0.717) is 0 Å². The molecular formula is C77H64N6. The second kappa shape index (κ2) is 18.1. The summed E-state index contributed by atoms with van der Waals surface area (Å²) in [5.74, 6) is 11.6. The highest BCUT2D eigenvalue weighted by molar-refractivity contribution is 5.90. The van der Waals surface area contributed by atoms with E-state index in [0.717, 1.165) is 173 Å². The molecule has 9 aromatic carbocycles. The van der Waals surface area contributed by atoms with Gasteiger partial charge < -0.3 is 0 Å². The molecule has 12 aromatic rings. The van der Waals surface area contributed by atoms with Gasteiger partial charge in [-0.1, -0.05) is 173 Å². The van der Waals surface area contributed by atoms with Gasteiger partial charge in [0.1, 0.15) is 11.6 Å². The minimum Gasteiger partial charge on any atom is -0.292 e. The molecular weight excluding hydrogens is 1010 g/mol. The van der Waals surface area contributed by atoms with Gasteiger partial charge in [0.15, 0.2) is 0 Å². The summed E-state index contributed by atoms with van der Waals surface area (Å²) in [6, 6.07) is 75.4. The fourth-order valence-corrected chi connectivity index (χ4v) is 15.6. The van der Waals surface area contributed by atoms with E-state index in [1.54, 1.807) is 16.7 Å². The maximum atomic E-state index is 5.46. The summed E-state index contributed by atoms with van der Waals surface area (Å²) < 4.78 is 4.78. The van der Waals surface area contributed by atoms with Crippen molar-refractivity contribution in [3.63, 3.8) is 0 Å². The fraction of sp³-hybridized carbons (Fsp3) is 0.247. The van der Waals surface area contributed by atoms with Crippen LogP contribution in [-0.2, 0) is 12.8 Å². The van der Waals surface area contributed by atoms with E-state index in [2.05, 4.69) is 224 Å². The van der Waals surface area contributed by atoms with Crippen LogP contribution in [0.4, 0.5) is 0 Å². The molecule has 0 N–H and O–H groups in total. The van der Waals surface area contributed by atoms with Crippen LogP contribution in [0.25, 0.3) is 112 Å². The number of aromatic nitrogens is 6. The first-order valence-electron chi connectivity index (χ1n) is 30.8. The van der Waals surface area contributed by atoms with E-state index < -0.39 is 0 Å². The number of unbranched alkanes of at least 4 members (excludes halogenated alkanes) is 1. The number of rotatable bonds is 15. The SMILES string of the molecule is CCCCc1cc2c(cc1C1C3C(C)C13)nc(-c1ccc(-c3ccc(-c4nc5ccccc5nc4-c4ccc(-c5ccc(-c6nc7cc(CC8C9CC89)c(C8C9C(C)C89)cc7n6-c6ccccc6)cc5)cc4)cc3)cc1)n2-c1ccccc1. The van der Waals surface area contributed by atoms with Crippen LogP contribution in [0.3, 0.4) is 0 Å². The summed E-state index contributed by atoms with van der Waals surface area (Å²) in [5.41, 5.74) is 25.5. The van der Waals surface area contributed by atoms with Crippen LogP contribution in [0, 0.1) is 53.3 Å². The van der Waals surface area contributed by atoms with Crippen LogP contribution in [0.15, 0.2) is 206 Å². The van der Waals surface area contributed by atoms with Gasteiger partial charge in [-0.05, 0) is 196 Å². The van der Waals surface area contributed by atoms with Gasteiger partial charge in [0, 0.05) is 33.6 Å². The highest BCUT2D eigenvalue weighted by Gasteiger charge is 2.72. The topological polar surface area (TPSA) is 61.4 Å². The van der Waals surface area contributed by atoms with Crippen LogP contribution >= 0.6 is 0 Å². The minimum absolute atomic E-state index is 0.718. The molecule has 83 heavy (non-hydrogen) atoms. The van der Waals surface area contributed by atoms with E-state index in [-0.39, 0.29) is 0 Å². The Hall–Kier alpha value is -8.74. The Morgan fingerprint density at radius 1 is 0.398 bits per heavy atom. The van der Waals surface area contributed by atoms with Crippen molar-refractivity contribution in [3.8, 4) is 78.9 Å². The average molecular weight is 1070 g/mol. The van der Waals surface area contributed by atoms with Gasteiger partial charge in [-0.15, -0.1) is 0 Å². The Morgan fingerprint density at radius 2 is 0.807 bits per heavy atom. The highest BCUT2D eigenvalue weighted by Crippen LogP contribution is 2.79. The van der Waals surface area contributed by atoms with Gasteiger partial charge in [-0.3, -0.25) is 9.13 Å². The first-order valence-corrected chi connectivity index (χ1v) is 30.8. The minimum atomic E-state index is 0.718. The molecule has 6 saturated carbocycles. The lowest BCUT2D eigenvalue weighted by Gasteiger charge is -2.17. The standard InChI is InChI=1S/C77H64N6/c1-4-5-14-53-39-66-65(41-57(53)72-68-43(2)69(68)72)81-77(82(66)55-15-8-6-9-16-55)52-35-27-48(28-36-52)46-23-31-50(32-24-46)75-74(78-62-19-12-13-20-63(62)79-75)49-29-21-45(22-30-49)47-25-33-51(34-26-47)76-80-64-38-54(37-59-60-40-61(59)60)58(73-70-44(3)71(70)73)42-67(64)83(76)56-17-10-7-11-18-56/h6-13,15-36,38-39,41-44,59-61,68-73H,4-5,14,37,40H2,1-3H3. The monoisotopic (exact) mass is 1070 g/mol. The molecule has 6 fully saturated rings. The fourth-order valence-electron chi connectivity index (χ4n) is 15.6. The average Bonchev–Trinajstić information content (AvgIpc) is 1.59. The number of hydrogen-bond donors (Lipinski definition) is 0. The molecule has 6 unspecified atom stereocenters. The third-order valence-corrected chi connectivity index (χ3v) is 20.9. The van der Waals surface area contributed by atoms with Crippen molar-refractivity contribution < 1.29 is 0 Å². The van der Waals surface area contributed by atoms with E-state index >= 15 is 0 Å². The summed E-state index contributed by atoms with van der Waals surface area (Å²) in [5, 5.41) is 0. The zero-order chi connectivity index (χ0) is 54.8. The number of para-hydroxylation sites is 4. The van der Waals surface area contributed by atoms with Crippen LogP contribution in [0.2, 0.25) is 0 Å². The first-order chi connectivity index (χ1) is 40.9. The molecule has 0 saturated heterocycles. The summed E-state index contributed by atoms with van der Waals surface area (Å²) in [6.07, 6.45) is 6.21. The Labute approximate surface area is 485 Å². The van der Waals surface area contributed by atoms with Crippen LogP contribution in [0.1, 0.15) is 74.1 Å². The summed E-state index contributed by atoms with van der Waals surface area (Å²) in [7, 11) is 0. The third kappa shape index (κ3) is 7.81. The lowest BCUT2D eigenvalue weighted by Crippen LogP contribution is -2.05. The van der Waals surface area contributed by atoms with Gasteiger partial charge in [-0.25, -0.2) is 19.9 Å². The lowest BCUT2D eigenvalue weighted by atomic mass is 9.89. The molecule has 3 aromatic heterocycles. The lowest BCUT2D eigenvalue weighted by molar-refractivity contribution is 0.582. The summed E-state index contributed by atoms with van der Waals surface area (Å²) >= 11 is 0. The Balaban J connectivity index is 0.637. The number of nitrogens with zero attached hydrogens (tertiary/aromatic N) is 6. The Morgan fingerprint density at radius 3 is 1.24 bits per heavy atom. The van der Waals surface area contributed by atoms with Crippen LogP contribution < -0.4 is 0 Å². The zero-order valence-corrected chi connectivity index (χ0v) is 47.2. The van der Waals surface area contributed by atoms with Gasteiger partial charge in [0.05, 0.1) is 44.5 Å². The maximum Gasteiger partial charge on any atom is 0.145 e. The quantitative estimate of drug-likeness (QED) is 0.103. The zero-order valence-electron chi connectivity index (χ0n) is 47.2. The van der Waals surface area contributed by atoms with Crippen LogP contribution in [-0.4, -0.2) is 29.1 Å². The molecule has 402 valence electrons. The van der Waals surface area contributed by atoms with E-state index in [1.807, 2.05) is 12.1 Å². The molecule has 0 bridgehead atoms. The molecule has 6 nitrogen and oxygen atoms in total. The van der Waals surface area contributed by atoms with Gasteiger partial charge in [0.2, 0.25) is 0 Å². The third-order valence-electron chi connectivity index (χ3n) is 20.9. The van der Waals surface area contributed by atoms with Crippen molar-refractivity contribution >= 4 is 33.1 Å². The van der Waals surface area contributed by atoms with Crippen LogP contribution in [0.5, 0.6) is 0 Å². The maximum absolute atomic E-state index is 5.46. The molecule has 6 aliphatic carbocycles. The molecule has 6 aliphatic rings. The Bertz CT molecular complexity index is 4530. The number of benzene rings is 9. The molecule has 6 atom stereocenters. The van der Waals surface area contributed by atoms with Gasteiger partial charge >= 0.3 is 0 Å². The number of imidazole rings is 2. The number of aryl methyl sites for hydroxylation is 1. The first kappa shape index (κ1) is 47.9.